The Bertz CT molecular complexity index is 137. The lowest BCUT2D eigenvalue weighted by atomic mass is 9.97. The topological polar surface area (TPSA) is 72.5 Å². The van der Waals surface area contributed by atoms with Crippen LogP contribution in [0, 0.1) is 5.92 Å². The van der Waals surface area contributed by atoms with Crippen molar-refractivity contribution in [2.45, 2.75) is 32.9 Å². The summed E-state index contributed by atoms with van der Waals surface area (Å²) in [7, 11) is 0. The van der Waals surface area contributed by atoms with Gasteiger partial charge in [0.15, 0.2) is 0 Å². The van der Waals surface area contributed by atoms with E-state index in [4.69, 9.17) is 10.5 Å². The normalized spacial score (nSPS) is 18.1. The molecule has 72 valence electrons. The van der Waals surface area contributed by atoms with Gasteiger partial charge in [-0.3, -0.25) is 4.79 Å². The number of aliphatic hydroxyl groups excluding tert-OH is 1. The van der Waals surface area contributed by atoms with Gasteiger partial charge in [0.1, 0.15) is 0 Å². The summed E-state index contributed by atoms with van der Waals surface area (Å²) in [4.78, 5) is 11.2. The fourth-order valence-corrected chi connectivity index (χ4v) is 1.09. The molecule has 12 heavy (non-hydrogen) atoms. The zero-order valence-corrected chi connectivity index (χ0v) is 7.78. The van der Waals surface area contributed by atoms with Crippen LogP contribution in [-0.4, -0.2) is 29.8 Å². The number of nitrogens with two attached hydrogens (primary N) is 1. The van der Waals surface area contributed by atoms with Crippen LogP contribution >= 0.6 is 0 Å². The Kier molecular flexibility index (Phi) is 4.85. The molecule has 0 amide bonds. The minimum Gasteiger partial charge on any atom is -0.466 e. The Morgan fingerprint density at radius 3 is 2.33 bits per heavy atom. The Morgan fingerprint density at radius 2 is 2.08 bits per heavy atom. The molecule has 0 saturated carbocycles. The molecule has 0 spiro atoms. The van der Waals surface area contributed by atoms with Crippen LogP contribution in [0.15, 0.2) is 0 Å². The molecule has 0 radical (unpaired) electrons. The number of ether oxygens (including phenoxy) is 1. The lowest BCUT2D eigenvalue weighted by molar-refractivity contribution is -0.152. The smallest absolute Gasteiger partial charge is 0.313 e. The Morgan fingerprint density at radius 1 is 1.58 bits per heavy atom. The van der Waals surface area contributed by atoms with Gasteiger partial charge in [-0.15, -0.1) is 0 Å². The standard InChI is InChI=1S/C8H17NO3/c1-4-12-8(11)7(5(2)9)6(3)10/h5-7,10H,4,9H2,1-3H3/t5-,6+,7-/m0/s1. The molecule has 0 aromatic heterocycles. The summed E-state index contributed by atoms with van der Waals surface area (Å²) in [5, 5.41) is 9.20. The van der Waals surface area contributed by atoms with Crippen molar-refractivity contribution < 1.29 is 14.6 Å². The van der Waals surface area contributed by atoms with Gasteiger partial charge in [-0.2, -0.15) is 0 Å². The molecule has 4 nitrogen and oxygen atoms in total. The quantitative estimate of drug-likeness (QED) is 0.585. The summed E-state index contributed by atoms with van der Waals surface area (Å²) in [6.07, 6.45) is -0.760. The van der Waals surface area contributed by atoms with Crippen molar-refractivity contribution >= 4 is 5.97 Å². The van der Waals surface area contributed by atoms with Crippen molar-refractivity contribution in [2.75, 3.05) is 6.61 Å². The maximum Gasteiger partial charge on any atom is 0.313 e. The van der Waals surface area contributed by atoms with Crippen LogP contribution in [0.3, 0.4) is 0 Å². The van der Waals surface area contributed by atoms with Crippen LogP contribution in [0.1, 0.15) is 20.8 Å². The van der Waals surface area contributed by atoms with E-state index in [2.05, 4.69) is 0 Å². The number of hydrogen-bond acceptors (Lipinski definition) is 4. The molecule has 0 heterocycles. The molecule has 0 aliphatic rings. The molecule has 0 aliphatic heterocycles. The Balaban J connectivity index is 4.20. The summed E-state index contributed by atoms with van der Waals surface area (Å²) >= 11 is 0. The van der Waals surface area contributed by atoms with Gasteiger partial charge in [-0.25, -0.2) is 0 Å². The van der Waals surface area contributed by atoms with Crippen molar-refractivity contribution in [3.63, 3.8) is 0 Å². The molecule has 0 bridgehead atoms. The number of rotatable bonds is 4. The average molecular weight is 175 g/mol. The maximum atomic E-state index is 11.2. The molecule has 0 saturated heterocycles. The molecule has 0 aromatic carbocycles. The second-order valence-electron chi connectivity index (χ2n) is 2.88. The first-order chi connectivity index (χ1) is 5.50. The van der Waals surface area contributed by atoms with Crippen LogP contribution < -0.4 is 5.73 Å². The van der Waals surface area contributed by atoms with Crippen LogP contribution in [0.4, 0.5) is 0 Å². The largest absolute Gasteiger partial charge is 0.466 e. The summed E-state index contributed by atoms with van der Waals surface area (Å²) in [5.41, 5.74) is 5.51. The van der Waals surface area contributed by atoms with Crippen LogP contribution in [0.2, 0.25) is 0 Å². The van der Waals surface area contributed by atoms with Crippen molar-refractivity contribution in [1.82, 2.24) is 0 Å². The Hall–Kier alpha value is -0.610. The average Bonchev–Trinajstić information content (AvgIpc) is 1.85. The minimum atomic E-state index is -0.760. The molecule has 0 aromatic rings. The predicted molar refractivity (Wildman–Crippen MR) is 45.5 cm³/mol. The first kappa shape index (κ1) is 11.4. The van der Waals surface area contributed by atoms with E-state index in [0.29, 0.717) is 6.61 Å². The highest BCUT2D eigenvalue weighted by atomic mass is 16.5. The lowest BCUT2D eigenvalue weighted by Crippen LogP contribution is -2.41. The third-order valence-electron chi connectivity index (χ3n) is 1.64. The third kappa shape index (κ3) is 3.19. The molecule has 0 fully saturated rings. The van der Waals surface area contributed by atoms with E-state index >= 15 is 0 Å². The van der Waals surface area contributed by atoms with Crippen LogP contribution in [0.5, 0.6) is 0 Å². The summed E-state index contributed by atoms with van der Waals surface area (Å²) in [6, 6.07) is -0.385. The second kappa shape index (κ2) is 5.11. The van der Waals surface area contributed by atoms with Gasteiger partial charge in [-0.1, -0.05) is 0 Å². The fraction of sp³-hybridized carbons (Fsp3) is 0.875. The van der Waals surface area contributed by atoms with Gasteiger partial charge in [0.05, 0.1) is 18.6 Å². The first-order valence-corrected chi connectivity index (χ1v) is 4.11. The zero-order valence-electron chi connectivity index (χ0n) is 7.78. The van der Waals surface area contributed by atoms with Crippen LogP contribution in [0.25, 0.3) is 0 Å². The molecule has 0 aliphatic carbocycles. The summed E-state index contributed by atoms with van der Waals surface area (Å²) in [6.45, 7) is 5.24. The molecular formula is C8H17NO3. The molecule has 3 atom stereocenters. The lowest BCUT2D eigenvalue weighted by Gasteiger charge is -2.21. The van der Waals surface area contributed by atoms with E-state index in [1.807, 2.05) is 0 Å². The molecule has 4 heteroatoms. The van der Waals surface area contributed by atoms with Crippen molar-refractivity contribution in [1.29, 1.82) is 0 Å². The van der Waals surface area contributed by atoms with Gasteiger partial charge < -0.3 is 15.6 Å². The number of hydrogen-bond donors (Lipinski definition) is 2. The van der Waals surface area contributed by atoms with E-state index in [1.165, 1.54) is 6.92 Å². The van der Waals surface area contributed by atoms with Gasteiger partial charge in [0.25, 0.3) is 0 Å². The highest BCUT2D eigenvalue weighted by Crippen LogP contribution is 2.09. The van der Waals surface area contributed by atoms with Gasteiger partial charge in [0.2, 0.25) is 0 Å². The summed E-state index contributed by atoms with van der Waals surface area (Å²) in [5.74, 6) is -1.05. The number of carbonyl (C=O) groups excluding carboxylic acids is 1. The van der Waals surface area contributed by atoms with E-state index in [9.17, 15) is 9.90 Å². The first-order valence-electron chi connectivity index (χ1n) is 4.11. The number of carbonyl (C=O) groups is 1. The SMILES string of the molecule is CCOC(=O)[C@@H]([C@H](C)N)[C@@H](C)O. The van der Waals surface area contributed by atoms with Gasteiger partial charge in [-0.05, 0) is 20.8 Å². The van der Waals surface area contributed by atoms with E-state index < -0.39 is 18.0 Å². The molecule has 3 N–H and O–H groups in total. The van der Waals surface area contributed by atoms with E-state index in [1.54, 1.807) is 13.8 Å². The maximum absolute atomic E-state index is 11.2. The highest BCUT2D eigenvalue weighted by molar-refractivity contribution is 5.73. The zero-order chi connectivity index (χ0) is 9.72. The number of aliphatic hydroxyl groups is 1. The third-order valence-corrected chi connectivity index (χ3v) is 1.64. The predicted octanol–water partition coefficient (Wildman–Crippen LogP) is -0.106. The van der Waals surface area contributed by atoms with Gasteiger partial charge >= 0.3 is 5.97 Å². The minimum absolute atomic E-state index is 0.314. The van der Waals surface area contributed by atoms with Crippen molar-refractivity contribution in [3.8, 4) is 0 Å². The Labute approximate surface area is 72.7 Å². The van der Waals surface area contributed by atoms with E-state index in [0.717, 1.165) is 0 Å². The number of esters is 1. The fourth-order valence-electron chi connectivity index (χ4n) is 1.09. The summed E-state index contributed by atoms with van der Waals surface area (Å²) < 4.78 is 4.75. The highest BCUT2D eigenvalue weighted by Gasteiger charge is 2.28. The van der Waals surface area contributed by atoms with E-state index in [-0.39, 0.29) is 6.04 Å². The van der Waals surface area contributed by atoms with Gasteiger partial charge in [0, 0.05) is 6.04 Å². The molecule has 0 unspecified atom stereocenters. The van der Waals surface area contributed by atoms with Crippen molar-refractivity contribution in [3.05, 3.63) is 0 Å². The second-order valence-corrected chi connectivity index (χ2v) is 2.88. The monoisotopic (exact) mass is 175 g/mol. The van der Waals surface area contributed by atoms with Crippen molar-refractivity contribution in [2.24, 2.45) is 11.7 Å². The molecular weight excluding hydrogens is 158 g/mol. The molecule has 0 rings (SSSR count). The van der Waals surface area contributed by atoms with Crippen LogP contribution in [-0.2, 0) is 9.53 Å².